The first-order valence-electron chi connectivity index (χ1n) is 5.98. The van der Waals surface area contributed by atoms with Crippen LogP contribution in [0.15, 0.2) is 24.3 Å². The van der Waals surface area contributed by atoms with Crippen LogP contribution in [0.5, 0.6) is 0 Å². The van der Waals surface area contributed by atoms with Gasteiger partial charge in [0.25, 0.3) is 5.91 Å². The first-order valence-corrected chi connectivity index (χ1v) is 5.98. The number of urea groups is 1. The minimum atomic E-state index is -1.05. The van der Waals surface area contributed by atoms with E-state index in [0.29, 0.717) is 12.0 Å². The van der Waals surface area contributed by atoms with Gasteiger partial charge in [0.1, 0.15) is 11.4 Å². The van der Waals surface area contributed by atoms with E-state index in [-0.39, 0.29) is 11.7 Å². The van der Waals surface area contributed by atoms with E-state index in [9.17, 15) is 14.0 Å². The Hall–Kier alpha value is -1.91. The monoisotopic (exact) mass is 250 g/mol. The quantitative estimate of drug-likeness (QED) is 0.803. The second-order valence-corrected chi connectivity index (χ2v) is 4.42. The molecule has 1 atom stereocenters. The zero-order chi connectivity index (χ0) is 13.2. The van der Waals surface area contributed by atoms with Crippen molar-refractivity contribution in [3.8, 4) is 0 Å². The largest absolute Gasteiger partial charge is 0.322 e. The Morgan fingerprint density at radius 3 is 2.39 bits per heavy atom. The molecule has 0 spiro atoms. The van der Waals surface area contributed by atoms with Crippen LogP contribution in [0.4, 0.5) is 9.18 Å². The van der Waals surface area contributed by atoms with E-state index >= 15 is 0 Å². The molecule has 1 saturated heterocycles. The Morgan fingerprint density at radius 2 is 1.89 bits per heavy atom. The Bertz CT molecular complexity index is 472. The molecule has 2 rings (SSSR count). The van der Waals surface area contributed by atoms with Gasteiger partial charge < -0.3 is 5.32 Å². The molecule has 0 bridgehead atoms. The number of imide groups is 1. The van der Waals surface area contributed by atoms with Gasteiger partial charge in [-0.3, -0.25) is 10.1 Å². The summed E-state index contributed by atoms with van der Waals surface area (Å²) >= 11 is 0. The van der Waals surface area contributed by atoms with Gasteiger partial charge in [-0.2, -0.15) is 0 Å². The van der Waals surface area contributed by atoms with Gasteiger partial charge in [-0.05, 0) is 24.1 Å². The molecule has 0 saturated carbocycles. The molecule has 2 N–H and O–H groups in total. The number of carbonyl (C=O) groups excluding carboxylic acids is 2. The van der Waals surface area contributed by atoms with Crippen LogP contribution in [-0.4, -0.2) is 11.9 Å². The summed E-state index contributed by atoms with van der Waals surface area (Å²) in [7, 11) is 0. The fourth-order valence-electron chi connectivity index (χ4n) is 2.19. The SMILES string of the molecule is CCCCC1(c2ccc(F)cc2)NC(=O)NC1=O. The molecule has 18 heavy (non-hydrogen) atoms. The first-order chi connectivity index (χ1) is 8.58. The van der Waals surface area contributed by atoms with Crippen molar-refractivity contribution in [2.45, 2.75) is 31.7 Å². The fourth-order valence-corrected chi connectivity index (χ4v) is 2.19. The van der Waals surface area contributed by atoms with Crippen molar-refractivity contribution in [2.24, 2.45) is 0 Å². The number of rotatable bonds is 4. The van der Waals surface area contributed by atoms with Gasteiger partial charge in [0.05, 0.1) is 0 Å². The van der Waals surface area contributed by atoms with Gasteiger partial charge in [-0.15, -0.1) is 0 Å². The lowest BCUT2D eigenvalue weighted by atomic mass is 9.85. The van der Waals surface area contributed by atoms with Crippen LogP contribution in [0.3, 0.4) is 0 Å². The number of hydrogen-bond acceptors (Lipinski definition) is 2. The summed E-state index contributed by atoms with van der Waals surface area (Å²) < 4.78 is 12.9. The molecule has 4 nitrogen and oxygen atoms in total. The highest BCUT2D eigenvalue weighted by molar-refractivity contribution is 6.07. The number of halogens is 1. The summed E-state index contributed by atoms with van der Waals surface area (Å²) in [6.07, 6.45) is 2.21. The summed E-state index contributed by atoms with van der Waals surface area (Å²) in [5, 5.41) is 4.91. The number of amides is 3. The first kappa shape index (κ1) is 12.5. The van der Waals surface area contributed by atoms with E-state index in [1.807, 2.05) is 6.92 Å². The Kier molecular flexibility index (Phi) is 3.32. The molecule has 5 heteroatoms. The number of unbranched alkanes of at least 4 members (excludes halogenated alkanes) is 1. The average molecular weight is 250 g/mol. The minimum Gasteiger partial charge on any atom is -0.319 e. The maximum Gasteiger partial charge on any atom is 0.322 e. The predicted molar refractivity (Wildman–Crippen MR) is 64.3 cm³/mol. The van der Waals surface area contributed by atoms with Crippen molar-refractivity contribution in [3.63, 3.8) is 0 Å². The summed E-state index contributed by atoms with van der Waals surface area (Å²) in [5.41, 5.74) is -0.443. The van der Waals surface area contributed by atoms with Crippen molar-refractivity contribution in [2.75, 3.05) is 0 Å². The maximum atomic E-state index is 12.9. The van der Waals surface area contributed by atoms with Crippen molar-refractivity contribution < 1.29 is 14.0 Å². The second kappa shape index (κ2) is 4.76. The molecular weight excluding hydrogens is 235 g/mol. The molecule has 3 amide bonds. The van der Waals surface area contributed by atoms with Crippen LogP contribution in [0.2, 0.25) is 0 Å². The molecular formula is C13H15FN2O2. The topological polar surface area (TPSA) is 58.2 Å². The molecule has 1 aromatic carbocycles. The maximum absolute atomic E-state index is 12.9. The number of benzene rings is 1. The van der Waals surface area contributed by atoms with E-state index < -0.39 is 11.6 Å². The van der Waals surface area contributed by atoms with E-state index in [1.54, 1.807) is 0 Å². The van der Waals surface area contributed by atoms with Crippen LogP contribution < -0.4 is 10.6 Å². The highest BCUT2D eigenvalue weighted by Crippen LogP contribution is 2.30. The number of nitrogens with one attached hydrogen (secondary N) is 2. The van der Waals surface area contributed by atoms with E-state index in [4.69, 9.17) is 0 Å². The Morgan fingerprint density at radius 1 is 1.22 bits per heavy atom. The van der Waals surface area contributed by atoms with Gasteiger partial charge >= 0.3 is 6.03 Å². The highest BCUT2D eigenvalue weighted by Gasteiger charge is 2.46. The summed E-state index contributed by atoms with van der Waals surface area (Å²) in [6, 6.07) is 5.16. The molecule has 1 aromatic rings. The van der Waals surface area contributed by atoms with Gasteiger partial charge in [-0.1, -0.05) is 31.9 Å². The summed E-state index contributed by atoms with van der Waals surface area (Å²) in [4.78, 5) is 23.4. The van der Waals surface area contributed by atoms with Crippen LogP contribution >= 0.6 is 0 Å². The third-order valence-electron chi connectivity index (χ3n) is 3.18. The van der Waals surface area contributed by atoms with E-state index in [0.717, 1.165) is 12.8 Å². The van der Waals surface area contributed by atoms with Crippen molar-refractivity contribution in [3.05, 3.63) is 35.6 Å². The molecule has 1 aliphatic rings. The third-order valence-corrected chi connectivity index (χ3v) is 3.18. The predicted octanol–water partition coefficient (Wildman–Crippen LogP) is 2.05. The minimum absolute atomic E-state index is 0.367. The fraction of sp³-hybridized carbons (Fsp3) is 0.385. The van der Waals surface area contributed by atoms with Crippen molar-refractivity contribution >= 4 is 11.9 Å². The van der Waals surface area contributed by atoms with Gasteiger partial charge in [0.15, 0.2) is 0 Å². The third kappa shape index (κ3) is 2.08. The lowest BCUT2D eigenvalue weighted by molar-refractivity contribution is -0.124. The van der Waals surface area contributed by atoms with Gasteiger partial charge in [0.2, 0.25) is 0 Å². The van der Waals surface area contributed by atoms with E-state index in [1.165, 1.54) is 24.3 Å². The molecule has 1 fully saturated rings. The van der Waals surface area contributed by atoms with E-state index in [2.05, 4.69) is 10.6 Å². The zero-order valence-electron chi connectivity index (χ0n) is 10.1. The lowest BCUT2D eigenvalue weighted by Gasteiger charge is -2.26. The van der Waals surface area contributed by atoms with Gasteiger partial charge in [0, 0.05) is 0 Å². The molecule has 0 aromatic heterocycles. The van der Waals surface area contributed by atoms with Crippen LogP contribution in [-0.2, 0) is 10.3 Å². The summed E-state index contributed by atoms with van der Waals surface area (Å²) in [6.45, 7) is 2.01. The molecule has 0 radical (unpaired) electrons. The summed E-state index contributed by atoms with van der Waals surface area (Å²) in [5.74, 6) is -0.735. The lowest BCUT2D eigenvalue weighted by Crippen LogP contribution is -2.43. The Balaban J connectivity index is 2.39. The van der Waals surface area contributed by atoms with Crippen LogP contribution in [0.25, 0.3) is 0 Å². The zero-order valence-corrected chi connectivity index (χ0v) is 10.1. The standard InChI is InChI=1S/C13H15FN2O2/c1-2-3-8-13(11(17)15-12(18)16-13)9-4-6-10(14)7-5-9/h4-7H,2-3,8H2,1H3,(H2,15,16,17,18). The van der Waals surface area contributed by atoms with Crippen LogP contribution in [0.1, 0.15) is 31.7 Å². The van der Waals surface area contributed by atoms with Crippen molar-refractivity contribution in [1.29, 1.82) is 0 Å². The molecule has 96 valence electrons. The molecule has 1 aliphatic heterocycles. The molecule has 0 aliphatic carbocycles. The normalized spacial score (nSPS) is 22.8. The van der Waals surface area contributed by atoms with Crippen molar-refractivity contribution in [1.82, 2.24) is 10.6 Å². The number of carbonyl (C=O) groups is 2. The Labute approximate surface area is 105 Å². The van der Waals surface area contributed by atoms with Gasteiger partial charge in [-0.25, -0.2) is 9.18 Å². The average Bonchev–Trinajstić information content (AvgIpc) is 2.63. The molecule has 1 unspecified atom stereocenters. The second-order valence-electron chi connectivity index (χ2n) is 4.42. The smallest absolute Gasteiger partial charge is 0.319 e. The number of hydrogen-bond donors (Lipinski definition) is 2. The molecule has 1 heterocycles. The highest BCUT2D eigenvalue weighted by atomic mass is 19.1. The van der Waals surface area contributed by atoms with Crippen LogP contribution in [0, 0.1) is 5.82 Å².